The van der Waals surface area contributed by atoms with Gasteiger partial charge in [-0.15, -0.1) is 12.4 Å². The number of imidazole rings is 1. The number of carbonyl (C=O) groups is 5. The molecule has 2 aromatic heterocycles. The average Bonchev–Trinajstić information content (AvgIpc) is 3.48. The van der Waals surface area contributed by atoms with E-state index in [1.807, 2.05) is 0 Å². The Hall–Kier alpha value is -4.76. The summed E-state index contributed by atoms with van der Waals surface area (Å²) >= 11 is 0. The molecule has 7 rings (SSSR count). The lowest BCUT2D eigenvalue weighted by atomic mass is 9.54. The summed E-state index contributed by atoms with van der Waals surface area (Å²) < 4.78 is 11.2. The topological polar surface area (TPSA) is 230 Å². The number of hydrogen-bond acceptors (Lipinski definition) is 10. The molecule has 2 bridgehead atoms. The van der Waals surface area contributed by atoms with Gasteiger partial charge in [0.05, 0.1) is 18.2 Å². The molecule has 1 aliphatic heterocycles. The minimum atomic E-state index is -1.34. The highest BCUT2D eigenvalue weighted by Gasteiger charge is 2.52. The number of hydrogen-bond donors (Lipinski definition) is 5. The monoisotopic (exact) mass is 659 g/mol. The zero-order chi connectivity index (χ0) is 31.6. The maximum absolute atomic E-state index is 12.6. The number of primary amides is 1. The Bertz CT molecular complexity index is 1650. The third-order valence-corrected chi connectivity index (χ3v) is 8.77. The largest absolute Gasteiger partial charge is 0.482 e. The Morgan fingerprint density at radius 1 is 1.13 bits per heavy atom. The summed E-state index contributed by atoms with van der Waals surface area (Å²) in [6, 6.07) is 6.08. The number of aromatic carboxylic acids is 1. The van der Waals surface area contributed by atoms with E-state index in [1.165, 1.54) is 7.11 Å². The van der Waals surface area contributed by atoms with Gasteiger partial charge >= 0.3 is 11.9 Å². The van der Waals surface area contributed by atoms with Crippen molar-refractivity contribution < 1.29 is 38.6 Å². The Labute approximate surface area is 270 Å². The molecule has 46 heavy (non-hydrogen) atoms. The van der Waals surface area contributed by atoms with Crippen molar-refractivity contribution in [2.45, 2.75) is 52.5 Å². The number of nitrogens with one attached hydrogen (secondary N) is 2. The average molecular weight is 660 g/mol. The van der Waals surface area contributed by atoms with Gasteiger partial charge in [-0.2, -0.15) is 0 Å². The van der Waals surface area contributed by atoms with Crippen LogP contribution in [0.4, 0.5) is 5.69 Å². The van der Waals surface area contributed by atoms with Gasteiger partial charge in [0, 0.05) is 12.6 Å². The highest BCUT2D eigenvalue weighted by atomic mass is 35.5. The molecule has 0 spiro atoms. The summed E-state index contributed by atoms with van der Waals surface area (Å²) in [6.45, 7) is 0.786. The van der Waals surface area contributed by atoms with Crippen LogP contribution in [0.5, 0.6) is 5.75 Å². The highest BCUT2D eigenvalue weighted by Crippen LogP contribution is 2.56. The SMILES string of the molecule is C.COC(=O)C12CCC(CN)(CC1)CC2.Cl.NC(=O)c1ncn2c(C(=O)O)cc(C(=O)NCc3ccc4c(c3)NC(=O)CO4)nc12. The van der Waals surface area contributed by atoms with Crippen LogP contribution in [-0.4, -0.2) is 69.4 Å². The van der Waals surface area contributed by atoms with Crippen molar-refractivity contribution in [1.82, 2.24) is 19.7 Å². The van der Waals surface area contributed by atoms with Gasteiger partial charge in [-0.25, -0.2) is 14.8 Å². The van der Waals surface area contributed by atoms with Crippen molar-refractivity contribution in [1.29, 1.82) is 0 Å². The predicted molar refractivity (Wildman–Crippen MR) is 168 cm³/mol. The molecule has 7 N–H and O–H groups in total. The summed E-state index contributed by atoms with van der Waals surface area (Å²) in [6.07, 6.45) is 7.37. The number of fused-ring (bicyclic) bond motifs is 5. The lowest BCUT2D eigenvalue weighted by molar-refractivity contribution is -0.162. The van der Waals surface area contributed by atoms with Crippen LogP contribution >= 0.6 is 12.4 Å². The number of carbonyl (C=O) groups excluding carboxylic acids is 4. The molecule has 0 radical (unpaired) electrons. The van der Waals surface area contributed by atoms with E-state index in [9.17, 15) is 29.1 Å². The summed E-state index contributed by atoms with van der Waals surface area (Å²) in [5.74, 6) is -2.68. The van der Waals surface area contributed by atoms with E-state index in [0.717, 1.165) is 61.9 Å². The normalized spacial score (nSPS) is 20.7. The Kier molecular flexibility index (Phi) is 11.0. The second-order valence-electron chi connectivity index (χ2n) is 11.3. The standard InChI is InChI=1S/C18H14N6O6.C11H19NO2.CH4.ClH/c19-15(26)14-16-23-10(4-11(18(28)29)24(16)7-21-14)17(27)20-5-8-1-2-12-9(3-8)22-13(25)6-30-12;1-14-9(13)11-5-2-10(8-12,3-6-11)4-7-11;;/h1-4,7H,5-6H2,(H2,19,26)(H,20,27)(H,22,25)(H,28,29);2-8,12H2,1H3;1H4;1H. The summed E-state index contributed by atoms with van der Waals surface area (Å²) in [5.41, 5.74) is 11.5. The molecule has 3 aromatic rings. The third kappa shape index (κ3) is 6.89. The molecule has 1 aromatic carbocycles. The first-order valence-electron chi connectivity index (χ1n) is 14.0. The van der Waals surface area contributed by atoms with E-state index >= 15 is 0 Å². The maximum atomic E-state index is 12.6. The number of nitrogens with zero attached hydrogens (tertiary/aromatic N) is 3. The number of halogens is 1. The van der Waals surface area contributed by atoms with Crippen LogP contribution in [0.2, 0.25) is 0 Å². The molecule has 0 atom stereocenters. The number of benzene rings is 1. The number of rotatable bonds is 7. The number of nitrogens with two attached hydrogens (primary N) is 2. The van der Waals surface area contributed by atoms with Gasteiger partial charge in [0.2, 0.25) is 0 Å². The number of aromatic nitrogens is 3. The number of methoxy groups -OCH3 is 1. The van der Waals surface area contributed by atoms with Crippen LogP contribution in [0, 0.1) is 10.8 Å². The number of anilines is 1. The predicted octanol–water partition coefficient (Wildman–Crippen LogP) is 2.30. The molecule has 248 valence electrons. The smallest absolute Gasteiger partial charge is 0.353 e. The van der Waals surface area contributed by atoms with Crippen molar-refractivity contribution in [3.8, 4) is 5.75 Å². The quantitative estimate of drug-likeness (QED) is 0.231. The molecule has 16 heteroatoms. The van der Waals surface area contributed by atoms with E-state index in [0.29, 0.717) is 22.4 Å². The van der Waals surface area contributed by atoms with Crippen LogP contribution in [0.15, 0.2) is 30.6 Å². The van der Waals surface area contributed by atoms with E-state index in [-0.39, 0.29) is 73.0 Å². The Balaban J connectivity index is 0.000000304. The van der Waals surface area contributed by atoms with Crippen molar-refractivity contribution >= 4 is 53.4 Å². The second-order valence-corrected chi connectivity index (χ2v) is 11.3. The minimum absolute atomic E-state index is 0. The minimum Gasteiger partial charge on any atom is -0.482 e. The van der Waals surface area contributed by atoms with Gasteiger partial charge in [0.1, 0.15) is 23.5 Å². The lowest BCUT2D eigenvalue weighted by Crippen LogP contribution is -2.49. The first kappa shape index (κ1) is 35.7. The van der Waals surface area contributed by atoms with E-state index in [1.54, 1.807) is 18.2 Å². The maximum Gasteiger partial charge on any atom is 0.353 e. The molecule has 3 saturated carbocycles. The second kappa shape index (κ2) is 14.1. The van der Waals surface area contributed by atoms with E-state index in [4.69, 9.17) is 20.9 Å². The van der Waals surface area contributed by atoms with Gasteiger partial charge in [-0.3, -0.25) is 23.6 Å². The van der Waals surface area contributed by atoms with Gasteiger partial charge in [0.15, 0.2) is 17.9 Å². The van der Waals surface area contributed by atoms with E-state index < -0.39 is 17.8 Å². The zero-order valence-corrected chi connectivity index (χ0v) is 25.3. The molecule has 0 saturated heterocycles. The van der Waals surface area contributed by atoms with Gasteiger partial charge in [0.25, 0.3) is 17.7 Å². The van der Waals surface area contributed by atoms with Crippen LogP contribution in [0.25, 0.3) is 5.65 Å². The third-order valence-electron chi connectivity index (χ3n) is 8.77. The van der Waals surface area contributed by atoms with Crippen LogP contribution in [0.1, 0.15) is 83.0 Å². The fourth-order valence-electron chi connectivity index (χ4n) is 6.03. The van der Waals surface area contributed by atoms with Crippen molar-refractivity contribution in [3.63, 3.8) is 0 Å². The molecule has 3 heterocycles. The van der Waals surface area contributed by atoms with Gasteiger partial charge in [-0.1, -0.05) is 13.5 Å². The summed E-state index contributed by atoms with van der Waals surface area (Å²) in [7, 11) is 1.50. The first-order chi connectivity index (χ1) is 21.0. The van der Waals surface area contributed by atoms with Crippen molar-refractivity contribution in [3.05, 3.63) is 53.2 Å². The number of carboxylic acid groups (broad SMARTS) is 1. The molecule has 3 amide bonds. The molecule has 3 fully saturated rings. The molecule has 0 unspecified atom stereocenters. The van der Waals surface area contributed by atoms with E-state index in [2.05, 4.69) is 20.6 Å². The highest BCUT2D eigenvalue weighted by molar-refractivity contribution is 6.00. The summed E-state index contributed by atoms with van der Waals surface area (Å²) in [5, 5.41) is 14.7. The van der Waals surface area contributed by atoms with Crippen molar-refractivity contribution in [2.75, 3.05) is 25.6 Å². The lowest BCUT2D eigenvalue weighted by Gasteiger charge is -2.51. The molecule has 15 nitrogen and oxygen atoms in total. The summed E-state index contributed by atoms with van der Waals surface area (Å²) in [4.78, 5) is 66.5. The van der Waals surface area contributed by atoms with Crippen LogP contribution in [-0.2, 0) is 20.9 Å². The zero-order valence-electron chi connectivity index (χ0n) is 24.5. The number of amides is 3. The molecule has 4 aliphatic rings. The van der Waals surface area contributed by atoms with Crippen LogP contribution < -0.4 is 26.8 Å². The number of ether oxygens (including phenoxy) is 2. The van der Waals surface area contributed by atoms with Crippen LogP contribution in [0.3, 0.4) is 0 Å². The number of carboxylic acids is 1. The Morgan fingerprint density at radius 2 is 1.80 bits per heavy atom. The van der Waals surface area contributed by atoms with Gasteiger partial charge < -0.3 is 36.7 Å². The first-order valence-corrected chi connectivity index (χ1v) is 14.0. The van der Waals surface area contributed by atoms with Gasteiger partial charge in [-0.05, 0) is 68.2 Å². The fourth-order valence-corrected chi connectivity index (χ4v) is 6.03. The Morgan fingerprint density at radius 3 is 2.39 bits per heavy atom. The fraction of sp³-hybridized carbons (Fsp3) is 0.433. The molecule has 3 aliphatic carbocycles. The molecular weight excluding hydrogens is 622 g/mol. The molecular formula is C30H38ClN7O8. The number of esters is 1. The van der Waals surface area contributed by atoms with Crippen molar-refractivity contribution in [2.24, 2.45) is 22.3 Å².